The number of pyridine rings is 1. The highest BCUT2D eigenvalue weighted by Crippen LogP contribution is 2.09. The summed E-state index contributed by atoms with van der Waals surface area (Å²) in [6, 6.07) is 2.78. The largest absolute Gasteiger partial charge is 0.465 e. The second kappa shape index (κ2) is 6.09. The number of hydrogen-bond donors (Lipinski definition) is 2. The number of anilines is 1. The van der Waals surface area contributed by atoms with Crippen LogP contribution in [0.2, 0.25) is 0 Å². The Labute approximate surface area is 96.4 Å². The average Bonchev–Trinajstić information content (AvgIpc) is 2.35. The zero-order chi connectivity index (χ0) is 12.8. The van der Waals surface area contributed by atoms with E-state index >= 15 is 0 Å². The number of nitrogens with zero attached hydrogens (tertiary/aromatic N) is 1. The van der Waals surface area contributed by atoms with Gasteiger partial charge in [-0.2, -0.15) is 0 Å². The molecule has 0 saturated carbocycles. The summed E-state index contributed by atoms with van der Waals surface area (Å²) in [4.78, 5) is 15.0. The van der Waals surface area contributed by atoms with Gasteiger partial charge in [0.05, 0.1) is 12.7 Å². The molecule has 0 amide bonds. The molecule has 0 aliphatic carbocycles. The number of aliphatic hydroxyl groups is 1. The van der Waals surface area contributed by atoms with Crippen molar-refractivity contribution in [2.45, 2.75) is 12.5 Å². The predicted molar refractivity (Wildman–Crippen MR) is 56.1 cm³/mol. The topological polar surface area (TPSA) is 71.5 Å². The molecule has 0 aliphatic heterocycles. The van der Waals surface area contributed by atoms with Crippen LogP contribution in [0.4, 0.5) is 14.6 Å². The van der Waals surface area contributed by atoms with Crippen molar-refractivity contribution in [3.05, 3.63) is 23.9 Å². The van der Waals surface area contributed by atoms with Crippen molar-refractivity contribution >= 4 is 11.8 Å². The number of carbonyl (C=O) groups excluding carboxylic acids is 1. The Morgan fingerprint density at radius 1 is 1.65 bits per heavy atom. The Balaban J connectivity index is 2.63. The van der Waals surface area contributed by atoms with Gasteiger partial charge in [-0.1, -0.05) is 0 Å². The molecule has 94 valence electrons. The molecule has 1 aromatic rings. The van der Waals surface area contributed by atoms with Gasteiger partial charge >= 0.3 is 5.97 Å². The Bertz CT molecular complexity index is 388. The van der Waals surface area contributed by atoms with Crippen LogP contribution in [0, 0.1) is 0 Å². The summed E-state index contributed by atoms with van der Waals surface area (Å²) in [5.74, 6) is -0.336. The lowest BCUT2D eigenvalue weighted by Gasteiger charge is -2.11. The summed E-state index contributed by atoms with van der Waals surface area (Å²) in [5, 5.41) is 11.4. The first-order valence-corrected chi connectivity index (χ1v) is 4.79. The zero-order valence-corrected chi connectivity index (χ0v) is 9.06. The fourth-order valence-corrected chi connectivity index (χ4v) is 1.07. The van der Waals surface area contributed by atoms with Crippen molar-refractivity contribution in [2.75, 3.05) is 19.0 Å². The second-order valence-corrected chi connectivity index (χ2v) is 3.20. The molecule has 0 radical (unpaired) electrons. The number of carbonyl (C=O) groups is 1. The van der Waals surface area contributed by atoms with Crippen molar-refractivity contribution in [1.29, 1.82) is 0 Å². The molecule has 0 aromatic carbocycles. The van der Waals surface area contributed by atoms with Crippen LogP contribution >= 0.6 is 0 Å². The van der Waals surface area contributed by atoms with E-state index in [1.807, 2.05) is 0 Å². The van der Waals surface area contributed by atoms with Gasteiger partial charge in [0.25, 0.3) is 6.43 Å². The van der Waals surface area contributed by atoms with E-state index in [1.54, 1.807) is 0 Å². The number of rotatable bonds is 5. The molecular weight excluding hydrogens is 234 g/mol. The maximum absolute atomic E-state index is 12.0. The first kappa shape index (κ1) is 13.3. The van der Waals surface area contributed by atoms with Crippen molar-refractivity contribution in [3.8, 4) is 0 Å². The van der Waals surface area contributed by atoms with E-state index in [9.17, 15) is 13.6 Å². The number of aliphatic hydroxyl groups excluding tert-OH is 1. The minimum Gasteiger partial charge on any atom is -0.465 e. The Morgan fingerprint density at radius 2 is 2.35 bits per heavy atom. The standard InChI is InChI=1S/C10H12F2N2O3/c1-17-10(16)6-2-3-13-8(4-6)14-5-7(15)9(11)12/h2-4,7,9,15H,5H2,1H3,(H,13,14). The van der Waals surface area contributed by atoms with Crippen LogP contribution in [0.3, 0.4) is 0 Å². The minimum absolute atomic E-state index is 0.215. The van der Waals surface area contributed by atoms with Gasteiger partial charge in [-0.3, -0.25) is 0 Å². The summed E-state index contributed by atoms with van der Waals surface area (Å²) >= 11 is 0. The van der Waals surface area contributed by atoms with Crippen LogP contribution in [0.1, 0.15) is 10.4 Å². The molecule has 17 heavy (non-hydrogen) atoms. The van der Waals surface area contributed by atoms with Gasteiger partial charge in [0.15, 0.2) is 0 Å². The molecule has 5 nitrogen and oxygen atoms in total. The fraction of sp³-hybridized carbons (Fsp3) is 0.400. The average molecular weight is 246 g/mol. The summed E-state index contributed by atoms with van der Waals surface area (Å²) in [6.07, 6.45) is -3.27. The molecule has 0 bridgehead atoms. The summed E-state index contributed by atoms with van der Waals surface area (Å²) in [7, 11) is 1.23. The van der Waals surface area contributed by atoms with E-state index < -0.39 is 18.5 Å². The molecule has 0 fully saturated rings. The molecule has 1 atom stereocenters. The molecule has 0 saturated heterocycles. The molecule has 2 N–H and O–H groups in total. The van der Waals surface area contributed by atoms with Crippen molar-refractivity contribution < 1.29 is 23.4 Å². The SMILES string of the molecule is COC(=O)c1ccnc(NCC(O)C(F)F)c1. The number of halogens is 2. The first-order chi connectivity index (χ1) is 8.04. The predicted octanol–water partition coefficient (Wildman–Crippen LogP) is 0.906. The van der Waals surface area contributed by atoms with Crippen LogP contribution in [0.5, 0.6) is 0 Å². The Kier molecular flexibility index (Phi) is 4.77. The monoisotopic (exact) mass is 246 g/mol. The van der Waals surface area contributed by atoms with Gasteiger partial charge in [0.2, 0.25) is 0 Å². The maximum Gasteiger partial charge on any atom is 0.338 e. The molecule has 1 unspecified atom stereocenters. The minimum atomic E-state index is -2.83. The second-order valence-electron chi connectivity index (χ2n) is 3.20. The van der Waals surface area contributed by atoms with Gasteiger partial charge in [-0.15, -0.1) is 0 Å². The maximum atomic E-state index is 12.0. The molecular formula is C10H12F2N2O3. The van der Waals surface area contributed by atoms with E-state index in [4.69, 9.17) is 5.11 Å². The first-order valence-electron chi connectivity index (χ1n) is 4.79. The van der Waals surface area contributed by atoms with Gasteiger partial charge in [0.1, 0.15) is 11.9 Å². The molecule has 0 spiro atoms. The third-order valence-electron chi connectivity index (χ3n) is 1.96. The number of aromatic nitrogens is 1. The lowest BCUT2D eigenvalue weighted by Crippen LogP contribution is -2.27. The number of alkyl halides is 2. The van der Waals surface area contributed by atoms with E-state index in [0.29, 0.717) is 0 Å². The Morgan fingerprint density at radius 3 is 2.94 bits per heavy atom. The summed E-state index contributed by atoms with van der Waals surface area (Å²) in [6.45, 7) is -0.352. The van der Waals surface area contributed by atoms with Crippen LogP contribution in [0.25, 0.3) is 0 Å². The number of ether oxygens (including phenoxy) is 1. The van der Waals surface area contributed by atoms with E-state index in [-0.39, 0.29) is 17.9 Å². The van der Waals surface area contributed by atoms with Gasteiger partial charge in [-0.05, 0) is 12.1 Å². The number of methoxy groups -OCH3 is 1. The molecule has 1 aromatic heterocycles. The van der Waals surface area contributed by atoms with Gasteiger partial charge in [-0.25, -0.2) is 18.6 Å². The van der Waals surface area contributed by atoms with Crippen molar-refractivity contribution in [3.63, 3.8) is 0 Å². The quantitative estimate of drug-likeness (QED) is 0.755. The molecule has 1 heterocycles. The highest BCUT2D eigenvalue weighted by atomic mass is 19.3. The number of nitrogens with one attached hydrogen (secondary N) is 1. The summed E-state index contributed by atoms with van der Waals surface area (Å²) in [5.41, 5.74) is 0.247. The normalized spacial score (nSPS) is 12.3. The highest BCUT2D eigenvalue weighted by molar-refractivity contribution is 5.89. The number of hydrogen-bond acceptors (Lipinski definition) is 5. The van der Waals surface area contributed by atoms with Crippen LogP contribution in [-0.4, -0.2) is 42.2 Å². The molecule has 1 rings (SSSR count). The smallest absolute Gasteiger partial charge is 0.338 e. The lowest BCUT2D eigenvalue weighted by molar-refractivity contribution is 0.00380. The zero-order valence-electron chi connectivity index (χ0n) is 9.06. The van der Waals surface area contributed by atoms with Crippen LogP contribution in [0.15, 0.2) is 18.3 Å². The molecule has 7 heteroatoms. The van der Waals surface area contributed by atoms with Crippen LogP contribution < -0.4 is 5.32 Å². The van der Waals surface area contributed by atoms with Crippen LogP contribution in [-0.2, 0) is 4.74 Å². The summed E-state index contributed by atoms with van der Waals surface area (Å²) < 4.78 is 28.5. The highest BCUT2D eigenvalue weighted by Gasteiger charge is 2.16. The third kappa shape index (κ3) is 3.95. The van der Waals surface area contributed by atoms with Crippen molar-refractivity contribution in [1.82, 2.24) is 4.98 Å². The van der Waals surface area contributed by atoms with Crippen molar-refractivity contribution in [2.24, 2.45) is 0 Å². The van der Waals surface area contributed by atoms with Gasteiger partial charge in [0, 0.05) is 12.7 Å². The van der Waals surface area contributed by atoms with Gasteiger partial charge < -0.3 is 15.2 Å². The Hall–Kier alpha value is -1.76. The lowest BCUT2D eigenvalue weighted by atomic mass is 10.2. The van der Waals surface area contributed by atoms with E-state index in [1.165, 1.54) is 25.4 Å². The van der Waals surface area contributed by atoms with E-state index in [2.05, 4.69) is 15.0 Å². The fourth-order valence-electron chi connectivity index (χ4n) is 1.07. The van der Waals surface area contributed by atoms with E-state index in [0.717, 1.165) is 0 Å². The molecule has 0 aliphatic rings. The number of esters is 1. The third-order valence-corrected chi connectivity index (χ3v) is 1.96.